The summed E-state index contributed by atoms with van der Waals surface area (Å²) in [5.41, 5.74) is 7.37. The highest BCUT2D eigenvalue weighted by molar-refractivity contribution is 5.67. The summed E-state index contributed by atoms with van der Waals surface area (Å²) in [5.74, 6) is 1.56. The van der Waals surface area contributed by atoms with Crippen LogP contribution in [0, 0.1) is 0 Å². The molecule has 0 atom stereocenters. The number of hydrogen-bond acceptors (Lipinski definition) is 5. The predicted octanol–water partition coefficient (Wildman–Crippen LogP) is 2.22. The summed E-state index contributed by atoms with van der Waals surface area (Å²) in [6, 6.07) is 7.52. The number of nitrogens with two attached hydrogens (primary N) is 1. The maximum absolute atomic E-state index is 5.63. The molecule has 1 aromatic carbocycles. The van der Waals surface area contributed by atoms with Crippen molar-refractivity contribution >= 4 is 17.8 Å². The molecule has 0 saturated carbocycles. The van der Waals surface area contributed by atoms with Gasteiger partial charge in [0.25, 0.3) is 5.89 Å². The Balaban J connectivity index is 1.81. The molecule has 2 heterocycles. The number of hydrogen-bond donors (Lipinski definition) is 1. The second-order valence-corrected chi connectivity index (χ2v) is 4.32. The molecule has 3 aromatic rings. The Kier molecular flexibility index (Phi) is 3.04. The number of nitrogen functional groups attached to an aromatic ring is 1. The molecule has 100 valence electrons. The summed E-state index contributed by atoms with van der Waals surface area (Å²) >= 11 is 0. The Morgan fingerprint density at radius 3 is 2.70 bits per heavy atom. The van der Waals surface area contributed by atoms with Crippen LogP contribution >= 0.6 is 0 Å². The van der Waals surface area contributed by atoms with Gasteiger partial charge in [-0.3, -0.25) is 0 Å². The largest absolute Gasteiger partial charge is 0.399 e. The molecule has 0 aliphatic carbocycles. The van der Waals surface area contributed by atoms with Gasteiger partial charge in [-0.15, -0.1) is 0 Å². The lowest BCUT2D eigenvalue weighted by molar-refractivity contribution is 0.411. The van der Waals surface area contributed by atoms with Crippen LogP contribution in [0.2, 0.25) is 0 Å². The molecule has 0 radical (unpaired) electrons. The van der Waals surface area contributed by atoms with Gasteiger partial charge in [-0.05, 0) is 23.8 Å². The molecular formula is C14H13N5O. The number of aryl methyl sites for hydroxylation is 1. The molecule has 0 aliphatic heterocycles. The van der Waals surface area contributed by atoms with E-state index in [1.54, 1.807) is 12.3 Å². The first-order valence-electron chi connectivity index (χ1n) is 6.07. The lowest BCUT2D eigenvalue weighted by atomic mass is 10.2. The normalized spacial score (nSPS) is 11.2. The van der Waals surface area contributed by atoms with E-state index >= 15 is 0 Å². The quantitative estimate of drug-likeness (QED) is 0.736. The van der Waals surface area contributed by atoms with E-state index in [0.717, 1.165) is 11.3 Å². The average Bonchev–Trinajstić information content (AvgIpc) is 3.06. The number of rotatable bonds is 3. The fourth-order valence-corrected chi connectivity index (χ4v) is 1.75. The van der Waals surface area contributed by atoms with Crippen LogP contribution in [0.4, 0.5) is 5.69 Å². The second-order valence-electron chi connectivity index (χ2n) is 4.32. The molecule has 0 fully saturated rings. The fraction of sp³-hybridized carbons (Fsp3) is 0.0714. The van der Waals surface area contributed by atoms with Crippen molar-refractivity contribution in [2.24, 2.45) is 7.05 Å². The second kappa shape index (κ2) is 5.00. The lowest BCUT2D eigenvalue weighted by Crippen LogP contribution is -1.92. The van der Waals surface area contributed by atoms with Crippen LogP contribution in [0.3, 0.4) is 0 Å². The van der Waals surface area contributed by atoms with Gasteiger partial charge in [0.2, 0.25) is 5.82 Å². The highest BCUT2D eigenvalue weighted by atomic mass is 16.5. The molecule has 0 spiro atoms. The minimum Gasteiger partial charge on any atom is -0.399 e. The van der Waals surface area contributed by atoms with Crippen molar-refractivity contribution in [3.05, 3.63) is 48.1 Å². The Morgan fingerprint density at radius 2 is 2.00 bits per heavy atom. The fourth-order valence-electron chi connectivity index (χ4n) is 1.75. The molecule has 0 amide bonds. The third kappa shape index (κ3) is 2.44. The Bertz CT molecular complexity index is 739. The maximum Gasteiger partial charge on any atom is 0.251 e. The lowest BCUT2D eigenvalue weighted by Gasteiger charge is -1.93. The SMILES string of the molecule is Cn1ccnc1-c1noc(/C=C/c2ccc(N)cc2)n1. The Morgan fingerprint density at radius 1 is 1.20 bits per heavy atom. The molecule has 0 saturated heterocycles. The van der Waals surface area contributed by atoms with Crippen LogP contribution in [0.25, 0.3) is 23.8 Å². The van der Waals surface area contributed by atoms with Crippen molar-refractivity contribution in [2.75, 3.05) is 5.73 Å². The van der Waals surface area contributed by atoms with E-state index in [1.165, 1.54) is 0 Å². The average molecular weight is 267 g/mol. The van der Waals surface area contributed by atoms with Crippen molar-refractivity contribution in [3.63, 3.8) is 0 Å². The van der Waals surface area contributed by atoms with Gasteiger partial charge in [0.05, 0.1) is 0 Å². The van der Waals surface area contributed by atoms with E-state index in [1.807, 2.05) is 48.2 Å². The van der Waals surface area contributed by atoms with E-state index in [-0.39, 0.29) is 0 Å². The predicted molar refractivity (Wildman–Crippen MR) is 76.3 cm³/mol. The smallest absolute Gasteiger partial charge is 0.251 e. The van der Waals surface area contributed by atoms with Gasteiger partial charge in [0.1, 0.15) is 0 Å². The summed E-state index contributed by atoms with van der Waals surface area (Å²) in [4.78, 5) is 8.44. The molecule has 6 heteroatoms. The van der Waals surface area contributed by atoms with E-state index in [0.29, 0.717) is 17.5 Å². The summed E-state index contributed by atoms with van der Waals surface area (Å²) in [6.07, 6.45) is 7.16. The van der Waals surface area contributed by atoms with Crippen LogP contribution < -0.4 is 5.73 Å². The minimum absolute atomic E-state index is 0.430. The van der Waals surface area contributed by atoms with Gasteiger partial charge < -0.3 is 14.8 Å². The van der Waals surface area contributed by atoms with E-state index in [2.05, 4.69) is 15.1 Å². The first-order chi connectivity index (χ1) is 9.72. The Hall–Kier alpha value is -2.89. The summed E-state index contributed by atoms with van der Waals surface area (Å²) in [6.45, 7) is 0. The van der Waals surface area contributed by atoms with Crippen molar-refractivity contribution in [3.8, 4) is 11.6 Å². The van der Waals surface area contributed by atoms with Gasteiger partial charge in [-0.25, -0.2) is 4.98 Å². The van der Waals surface area contributed by atoms with Crippen molar-refractivity contribution in [1.82, 2.24) is 19.7 Å². The van der Waals surface area contributed by atoms with Gasteiger partial charge in [0.15, 0.2) is 5.82 Å². The zero-order chi connectivity index (χ0) is 13.9. The molecule has 0 unspecified atom stereocenters. The van der Waals surface area contributed by atoms with Gasteiger partial charge in [-0.2, -0.15) is 4.98 Å². The number of aromatic nitrogens is 4. The summed E-state index contributed by atoms with van der Waals surface area (Å²) in [7, 11) is 1.88. The van der Waals surface area contributed by atoms with E-state index in [4.69, 9.17) is 10.3 Å². The summed E-state index contributed by atoms with van der Waals surface area (Å²) < 4.78 is 6.99. The maximum atomic E-state index is 5.63. The molecular weight excluding hydrogens is 254 g/mol. The highest BCUT2D eigenvalue weighted by Gasteiger charge is 2.10. The van der Waals surface area contributed by atoms with Crippen molar-refractivity contribution in [2.45, 2.75) is 0 Å². The zero-order valence-corrected chi connectivity index (χ0v) is 10.9. The molecule has 0 bridgehead atoms. The summed E-state index contributed by atoms with van der Waals surface area (Å²) in [5, 5.41) is 3.91. The van der Waals surface area contributed by atoms with Crippen molar-refractivity contribution in [1.29, 1.82) is 0 Å². The topological polar surface area (TPSA) is 82.8 Å². The van der Waals surface area contributed by atoms with Crippen LogP contribution in [-0.2, 0) is 7.05 Å². The highest BCUT2D eigenvalue weighted by Crippen LogP contribution is 2.14. The number of nitrogens with zero attached hydrogens (tertiary/aromatic N) is 4. The molecule has 0 aliphatic rings. The van der Waals surface area contributed by atoms with Gasteiger partial charge >= 0.3 is 0 Å². The van der Waals surface area contributed by atoms with Gasteiger partial charge in [0, 0.05) is 31.2 Å². The van der Waals surface area contributed by atoms with Gasteiger partial charge in [-0.1, -0.05) is 17.3 Å². The van der Waals surface area contributed by atoms with E-state index in [9.17, 15) is 0 Å². The molecule has 6 nitrogen and oxygen atoms in total. The van der Waals surface area contributed by atoms with E-state index < -0.39 is 0 Å². The van der Waals surface area contributed by atoms with Crippen molar-refractivity contribution < 1.29 is 4.52 Å². The van der Waals surface area contributed by atoms with Crippen LogP contribution in [0.5, 0.6) is 0 Å². The van der Waals surface area contributed by atoms with Crippen LogP contribution in [-0.4, -0.2) is 19.7 Å². The number of benzene rings is 1. The standard InChI is InChI=1S/C14H13N5O/c1-19-9-8-16-14(19)13-17-12(20-18-13)7-4-10-2-5-11(15)6-3-10/h2-9H,15H2,1H3/b7-4+. The zero-order valence-electron chi connectivity index (χ0n) is 10.9. The first-order valence-corrected chi connectivity index (χ1v) is 6.07. The minimum atomic E-state index is 0.430. The third-order valence-corrected chi connectivity index (χ3v) is 2.82. The third-order valence-electron chi connectivity index (χ3n) is 2.82. The molecule has 2 N–H and O–H groups in total. The number of imidazole rings is 1. The molecule has 3 rings (SSSR count). The number of anilines is 1. The molecule has 20 heavy (non-hydrogen) atoms. The monoisotopic (exact) mass is 267 g/mol. The van der Waals surface area contributed by atoms with Crippen LogP contribution in [0.1, 0.15) is 11.5 Å². The molecule has 2 aromatic heterocycles. The van der Waals surface area contributed by atoms with Crippen LogP contribution in [0.15, 0.2) is 41.2 Å². The first kappa shape index (κ1) is 12.2. The Labute approximate surface area is 115 Å².